The number of carbonyl (C=O) groups is 1. The molecule has 0 aliphatic heterocycles. The minimum Gasteiger partial charge on any atom is -0.396 e. The number of carbonyl (C=O) groups excluding carboxylic acids is 1. The van der Waals surface area contributed by atoms with Crippen LogP contribution in [0.4, 0.5) is 0 Å². The predicted octanol–water partition coefficient (Wildman–Crippen LogP) is 3.14. The first-order chi connectivity index (χ1) is 10.2. The second-order valence-corrected chi connectivity index (χ2v) is 6.98. The third kappa shape index (κ3) is 5.36. The normalized spacial score (nSPS) is 22.0. The highest BCUT2D eigenvalue weighted by atomic mass is 32.2. The Morgan fingerprint density at radius 3 is 2.71 bits per heavy atom. The lowest BCUT2D eigenvalue weighted by Crippen LogP contribution is -2.43. The summed E-state index contributed by atoms with van der Waals surface area (Å²) in [5.41, 5.74) is 1.25. The molecule has 2 N–H and O–H groups in total. The molecule has 1 aromatic carbocycles. The quantitative estimate of drug-likeness (QED) is 0.794. The Hall–Kier alpha value is -1.00. The van der Waals surface area contributed by atoms with Gasteiger partial charge in [-0.25, -0.2) is 0 Å². The molecule has 1 fully saturated rings. The van der Waals surface area contributed by atoms with Crippen LogP contribution in [0.1, 0.15) is 37.7 Å². The fourth-order valence-corrected chi connectivity index (χ4v) is 3.64. The summed E-state index contributed by atoms with van der Waals surface area (Å²) in [6, 6.07) is 8.55. The molecule has 2 unspecified atom stereocenters. The van der Waals surface area contributed by atoms with Gasteiger partial charge >= 0.3 is 0 Å². The fourth-order valence-electron chi connectivity index (χ4n) is 2.79. The number of thioether (sulfide) groups is 1. The highest BCUT2D eigenvalue weighted by molar-refractivity contribution is 7.99. The zero-order valence-corrected chi connectivity index (χ0v) is 13.5. The Labute approximate surface area is 131 Å². The molecule has 21 heavy (non-hydrogen) atoms. The average Bonchev–Trinajstić information content (AvgIpc) is 2.50. The van der Waals surface area contributed by atoms with Crippen LogP contribution in [0.25, 0.3) is 0 Å². The lowest BCUT2D eigenvalue weighted by atomic mass is 9.85. The van der Waals surface area contributed by atoms with Crippen LogP contribution in [-0.2, 0) is 4.79 Å². The molecule has 2 atom stereocenters. The van der Waals surface area contributed by atoms with E-state index < -0.39 is 0 Å². The van der Waals surface area contributed by atoms with Gasteiger partial charge in [0.15, 0.2) is 0 Å². The molecule has 1 aliphatic rings. The molecule has 0 aromatic heterocycles. The summed E-state index contributed by atoms with van der Waals surface area (Å²) >= 11 is 1.72. The second-order valence-electron chi connectivity index (χ2n) is 5.81. The number of hydrogen-bond acceptors (Lipinski definition) is 3. The third-order valence-corrected chi connectivity index (χ3v) is 5.12. The van der Waals surface area contributed by atoms with E-state index in [9.17, 15) is 9.90 Å². The first kappa shape index (κ1) is 16.4. The molecular weight excluding hydrogens is 282 g/mol. The minimum absolute atomic E-state index is 0.111. The summed E-state index contributed by atoms with van der Waals surface area (Å²) in [5, 5.41) is 12.5. The van der Waals surface area contributed by atoms with Crippen molar-refractivity contribution >= 4 is 17.7 Å². The summed E-state index contributed by atoms with van der Waals surface area (Å²) in [5.74, 6) is 1.15. The van der Waals surface area contributed by atoms with Gasteiger partial charge in [0, 0.05) is 35.6 Å². The van der Waals surface area contributed by atoms with Crippen molar-refractivity contribution in [1.82, 2.24) is 5.32 Å². The minimum atomic E-state index is 0.111. The van der Waals surface area contributed by atoms with Gasteiger partial charge in [0.25, 0.3) is 0 Å². The van der Waals surface area contributed by atoms with Gasteiger partial charge in [-0.1, -0.05) is 30.5 Å². The van der Waals surface area contributed by atoms with Gasteiger partial charge in [0.05, 0.1) is 0 Å². The van der Waals surface area contributed by atoms with Gasteiger partial charge in [-0.3, -0.25) is 4.79 Å². The van der Waals surface area contributed by atoms with Crippen LogP contribution in [0.3, 0.4) is 0 Å². The van der Waals surface area contributed by atoms with E-state index in [0.29, 0.717) is 6.42 Å². The molecule has 0 heterocycles. The topological polar surface area (TPSA) is 49.3 Å². The van der Waals surface area contributed by atoms with Crippen molar-refractivity contribution in [3.63, 3.8) is 0 Å². The standard InChI is InChI=1S/C17H25NO2S/c1-13-6-8-15(9-7-13)21-11-10-17(20)18-16-5-3-2-4-14(16)12-19/h6-9,14,16,19H,2-5,10-12H2,1H3,(H,18,20). The third-order valence-electron chi connectivity index (χ3n) is 4.11. The Balaban J connectivity index is 1.70. The molecule has 0 saturated heterocycles. The number of rotatable bonds is 6. The summed E-state index contributed by atoms with van der Waals surface area (Å²) in [6.07, 6.45) is 4.88. The molecule has 0 radical (unpaired) electrons. The summed E-state index contributed by atoms with van der Waals surface area (Å²) in [7, 11) is 0. The first-order valence-electron chi connectivity index (χ1n) is 7.78. The van der Waals surface area contributed by atoms with Crippen molar-refractivity contribution in [3.8, 4) is 0 Å². The van der Waals surface area contributed by atoms with E-state index in [4.69, 9.17) is 0 Å². The highest BCUT2D eigenvalue weighted by Gasteiger charge is 2.25. The monoisotopic (exact) mass is 307 g/mol. The zero-order chi connectivity index (χ0) is 15.1. The lowest BCUT2D eigenvalue weighted by Gasteiger charge is -2.30. The number of amides is 1. The molecule has 1 saturated carbocycles. The predicted molar refractivity (Wildman–Crippen MR) is 87.5 cm³/mol. The molecule has 1 aliphatic carbocycles. The van der Waals surface area contributed by atoms with Crippen LogP contribution in [0, 0.1) is 12.8 Å². The van der Waals surface area contributed by atoms with Crippen molar-refractivity contribution in [1.29, 1.82) is 0 Å². The molecule has 1 aromatic rings. The Morgan fingerprint density at radius 1 is 1.29 bits per heavy atom. The summed E-state index contributed by atoms with van der Waals surface area (Å²) in [6.45, 7) is 2.26. The van der Waals surface area contributed by atoms with Crippen molar-refractivity contribution in [2.24, 2.45) is 5.92 Å². The molecule has 0 bridgehead atoms. The second kappa shape index (κ2) is 8.44. The van der Waals surface area contributed by atoms with Crippen LogP contribution in [-0.4, -0.2) is 29.4 Å². The van der Waals surface area contributed by atoms with Crippen molar-refractivity contribution in [2.45, 2.75) is 50.0 Å². The van der Waals surface area contributed by atoms with Crippen LogP contribution in [0.2, 0.25) is 0 Å². The number of nitrogens with one attached hydrogen (secondary N) is 1. The summed E-state index contributed by atoms with van der Waals surface area (Å²) in [4.78, 5) is 13.2. The van der Waals surface area contributed by atoms with E-state index in [1.54, 1.807) is 11.8 Å². The van der Waals surface area contributed by atoms with Gasteiger partial charge in [-0.05, 0) is 31.9 Å². The van der Waals surface area contributed by atoms with Crippen LogP contribution < -0.4 is 5.32 Å². The molecule has 116 valence electrons. The van der Waals surface area contributed by atoms with E-state index in [-0.39, 0.29) is 24.5 Å². The van der Waals surface area contributed by atoms with Gasteiger partial charge in [-0.2, -0.15) is 0 Å². The average molecular weight is 307 g/mol. The van der Waals surface area contributed by atoms with E-state index in [1.807, 2.05) is 0 Å². The van der Waals surface area contributed by atoms with E-state index >= 15 is 0 Å². The Bertz CT molecular complexity index is 447. The van der Waals surface area contributed by atoms with Crippen molar-refractivity contribution in [3.05, 3.63) is 29.8 Å². The largest absolute Gasteiger partial charge is 0.396 e. The Morgan fingerprint density at radius 2 is 2.00 bits per heavy atom. The SMILES string of the molecule is Cc1ccc(SCCC(=O)NC2CCCCC2CO)cc1. The zero-order valence-electron chi connectivity index (χ0n) is 12.7. The van der Waals surface area contributed by atoms with E-state index in [0.717, 1.165) is 25.0 Å². The molecular formula is C17H25NO2S. The molecule has 0 spiro atoms. The smallest absolute Gasteiger partial charge is 0.221 e. The maximum absolute atomic E-state index is 12.0. The van der Waals surface area contributed by atoms with Crippen LogP contribution in [0.15, 0.2) is 29.2 Å². The number of benzene rings is 1. The number of aryl methyl sites for hydroxylation is 1. The number of hydrogen-bond donors (Lipinski definition) is 2. The summed E-state index contributed by atoms with van der Waals surface area (Å²) < 4.78 is 0. The lowest BCUT2D eigenvalue weighted by molar-refractivity contribution is -0.122. The first-order valence-corrected chi connectivity index (χ1v) is 8.77. The van der Waals surface area contributed by atoms with Gasteiger partial charge in [0.2, 0.25) is 5.91 Å². The Kier molecular flexibility index (Phi) is 6.58. The molecule has 2 rings (SSSR count). The van der Waals surface area contributed by atoms with Crippen LogP contribution >= 0.6 is 11.8 Å². The number of aliphatic hydroxyl groups excluding tert-OH is 1. The molecule has 1 amide bonds. The highest BCUT2D eigenvalue weighted by Crippen LogP contribution is 2.24. The van der Waals surface area contributed by atoms with Crippen molar-refractivity contribution < 1.29 is 9.90 Å². The number of aliphatic hydroxyl groups is 1. The van der Waals surface area contributed by atoms with Crippen molar-refractivity contribution in [2.75, 3.05) is 12.4 Å². The van der Waals surface area contributed by atoms with E-state index in [1.165, 1.54) is 16.9 Å². The van der Waals surface area contributed by atoms with Gasteiger partial charge < -0.3 is 10.4 Å². The van der Waals surface area contributed by atoms with E-state index in [2.05, 4.69) is 36.5 Å². The van der Waals surface area contributed by atoms with Crippen LogP contribution in [0.5, 0.6) is 0 Å². The van der Waals surface area contributed by atoms with Gasteiger partial charge in [0.1, 0.15) is 0 Å². The van der Waals surface area contributed by atoms with Gasteiger partial charge in [-0.15, -0.1) is 11.8 Å². The maximum atomic E-state index is 12.0. The molecule has 3 nitrogen and oxygen atoms in total. The fraction of sp³-hybridized carbons (Fsp3) is 0.588. The maximum Gasteiger partial charge on any atom is 0.221 e. The molecule has 4 heteroatoms.